The number of ether oxygens (including phenoxy) is 1. The summed E-state index contributed by atoms with van der Waals surface area (Å²) in [5.74, 6) is -1.72. The smallest absolute Gasteiger partial charge is 0.326 e. The minimum absolute atomic E-state index is 0.133. The number of hydrogen-bond acceptors (Lipinski definition) is 5. The average molecular weight is 373 g/mol. The molecule has 8 nitrogen and oxygen atoms in total. The summed E-state index contributed by atoms with van der Waals surface area (Å²) in [6, 6.07) is 8.26. The molecule has 3 rings (SSSR count). The van der Waals surface area contributed by atoms with Crippen LogP contribution >= 0.6 is 0 Å². The van der Waals surface area contributed by atoms with Crippen molar-refractivity contribution in [2.45, 2.75) is 44.2 Å². The molecular formula is C19H23N3O5. The SMILES string of the molecule is C[C@]1(c2ccccc2)NC(=O)N(CC(=O)OCC(=O)NC2CCCC2)C1=O. The molecule has 2 aliphatic rings. The van der Waals surface area contributed by atoms with Crippen molar-refractivity contribution in [3.05, 3.63) is 35.9 Å². The maximum absolute atomic E-state index is 12.7. The average Bonchev–Trinajstić information content (AvgIpc) is 3.24. The molecule has 144 valence electrons. The van der Waals surface area contributed by atoms with E-state index in [1.807, 2.05) is 0 Å². The maximum Gasteiger partial charge on any atom is 0.326 e. The second-order valence-electron chi connectivity index (χ2n) is 7.02. The standard InChI is InChI=1S/C19H23N3O5/c1-19(13-7-3-2-4-8-13)17(25)22(18(26)21-19)11-16(24)27-12-15(23)20-14-9-5-6-10-14/h2-4,7-8,14H,5-6,9-12H2,1H3,(H,20,23)(H,21,26)/t19-/m1/s1. The van der Waals surface area contributed by atoms with Crippen molar-refractivity contribution in [3.8, 4) is 0 Å². The first-order valence-corrected chi connectivity index (χ1v) is 9.05. The highest BCUT2D eigenvalue weighted by molar-refractivity contribution is 6.08. The first-order valence-electron chi connectivity index (χ1n) is 9.05. The van der Waals surface area contributed by atoms with E-state index in [-0.39, 0.29) is 11.9 Å². The van der Waals surface area contributed by atoms with Crippen molar-refractivity contribution >= 4 is 23.8 Å². The first-order chi connectivity index (χ1) is 12.9. The third kappa shape index (κ3) is 4.10. The van der Waals surface area contributed by atoms with E-state index < -0.39 is 36.6 Å². The molecule has 8 heteroatoms. The summed E-state index contributed by atoms with van der Waals surface area (Å²) in [6.45, 7) is 0.627. The molecular weight excluding hydrogens is 350 g/mol. The number of esters is 1. The van der Waals surface area contributed by atoms with Gasteiger partial charge in [0.2, 0.25) is 0 Å². The van der Waals surface area contributed by atoms with Gasteiger partial charge in [-0.1, -0.05) is 43.2 Å². The van der Waals surface area contributed by atoms with E-state index in [2.05, 4.69) is 10.6 Å². The van der Waals surface area contributed by atoms with Gasteiger partial charge in [-0.15, -0.1) is 0 Å². The fraction of sp³-hybridized carbons (Fsp3) is 0.474. The Bertz CT molecular complexity index is 745. The second kappa shape index (κ2) is 7.77. The summed E-state index contributed by atoms with van der Waals surface area (Å²) in [5.41, 5.74) is -0.617. The molecule has 0 radical (unpaired) electrons. The number of rotatable bonds is 6. The second-order valence-corrected chi connectivity index (χ2v) is 7.02. The molecule has 0 aromatic heterocycles. The summed E-state index contributed by atoms with van der Waals surface area (Å²) in [6.07, 6.45) is 4.02. The zero-order valence-electron chi connectivity index (χ0n) is 15.2. The van der Waals surface area contributed by atoms with E-state index in [1.54, 1.807) is 37.3 Å². The molecule has 1 aliphatic carbocycles. The quantitative estimate of drug-likeness (QED) is 0.573. The van der Waals surface area contributed by atoms with Crippen LogP contribution in [-0.2, 0) is 24.7 Å². The van der Waals surface area contributed by atoms with Crippen LogP contribution in [0.1, 0.15) is 38.2 Å². The number of carbonyl (C=O) groups is 4. The van der Waals surface area contributed by atoms with E-state index in [0.29, 0.717) is 5.56 Å². The van der Waals surface area contributed by atoms with Gasteiger partial charge in [-0.3, -0.25) is 19.3 Å². The Morgan fingerprint density at radius 2 is 1.89 bits per heavy atom. The highest BCUT2D eigenvalue weighted by Gasteiger charge is 2.49. The lowest BCUT2D eigenvalue weighted by Crippen LogP contribution is -2.42. The van der Waals surface area contributed by atoms with Crippen molar-refractivity contribution in [3.63, 3.8) is 0 Å². The normalized spacial score (nSPS) is 22.6. The number of hydrogen-bond donors (Lipinski definition) is 2. The first kappa shape index (κ1) is 18.9. The summed E-state index contributed by atoms with van der Waals surface area (Å²) >= 11 is 0. The lowest BCUT2D eigenvalue weighted by atomic mass is 9.92. The fourth-order valence-corrected chi connectivity index (χ4v) is 3.47. The molecule has 0 unspecified atom stereocenters. The van der Waals surface area contributed by atoms with Gasteiger partial charge in [0, 0.05) is 6.04 Å². The zero-order chi connectivity index (χ0) is 19.4. The van der Waals surface area contributed by atoms with Crippen LogP contribution in [0.4, 0.5) is 4.79 Å². The predicted molar refractivity (Wildman–Crippen MR) is 95.4 cm³/mol. The Balaban J connectivity index is 1.54. The van der Waals surface area contributed by atoms with E-state index in [1.165, 1.54) is 0 Å². The summed E-state index contributed by atoms with van der Waals surface area (Å²) in [7, 11) is 0. The molecule has 27 heavy (non-hydrogen) atoms. The molecule has 0 bridgehead atoms. The van der Waals surface area contributed by atoms with Crippen LogP contribution in [0.2, 0.25) is 0 Å². The molecule has 1 aliphatic heterocycles. The van der Waals surface area contributed by atoms with Gasteiger partial charge in [0.05, 0.1) is 0 Å². The van der Waals surface area contributed by atoms with Crippen molar-refractivity contribution < 1.29 is 23.9 Å². The molecule has 1 atom stereocenters. The number of amides is 4. The van der Waals surface area contributed by atoms with Crippen LogP contribution in [0.15, 0.2) is 30.3 Å². The van der Waals surface area contributed by atoms with Gasteiger partial charge >= 0.3 is 12.0 Å². The number of nitrogens with zero attached hydrogens (tertiary/aromatic N) is 1. The molecule has 0 spiro atoms. The Morgan fingerprint density at radius 1 is 1.22 bits per heavy atom. The highest BCUT2D eigenvalue weighted by atomic mass is 16.5. The van der Waals surface area contributed by atoms with Crippen LogP contribution in [0.5, 0.6) is 0 Å². The third-order valence-electron chi connectivity index (χ3n) is 5.00. The van der Waals surface area contributed by atoms with Gasteiger partial charge in [-0.25, -0.2) is 4.79 Å². The lowest BCUT2D eigenvalue weighted by molar-refractivity contribution is -0.151. The predicted octanol–water partition coefficient (Wildman–Crippen LogP) is 1.06. The number of benzene rings is 1. The minimum Gasteiger partial charge on any atom is -0.454 e. The highest BCUT2D eigenvalue weighted by Crippen LogP contribution is 2.28. The van der Waals surface area contributed by atoms with E-state index in [4.69, 9.17) is 4.74 Å². The molecule has 1 aromatic carbocycles. The molecule has 2 fully saturated rings. The van der Waals surface area contributed by atoms with Crippen molar-refractivity contribution in [1.82, 2.24) is 15.5 Å². The van der Waals surface area contributed by atoms with Crippen LogP contribution in [0.3, 0.4) is 0 Å². The number of carbonyl (C=O) groups excluding carboxylic acids is 4. The number of nitrogens with one attached hydrogen (secondary N) is 2. The van der Waals surface area contributed by atoms with Gasteiger partial charge in [0.15, 0.2) is 6.61 Å². The summed E-state index contributed by atoms with van der Waals surface area (Å²) in [5, 5.41) is 5.42. The van der Waals surface area contributed by atoms with Crippen molar-refractivity contribution in [2.24, 2.45) is 0 Å². The van der Waals surface area contributed by atoms with Gasteiger partial charge in [-0.2, -0.15) is 0 Å². The third-order valence-corrected chi connectivity index (χ3v) is 5.00. The number of imide groups is 1. The van der Waals surface area contributed by atoms with Gasteiger partial charge in [-0.05, 0) is 25.3 Å². The zero-order valence-corrected chi connectivity index (χ0v) is 15.2. The monoisotopic (exact) mass is 373 g/mol. The molecule has 1 saturated heterocycles. The van der Waals surface area contributed by atoms with E-state index in [0.717, 1.165) is 30.6 Å². The summed E-state index contributed by atoms with van der Waals surface area (Å²) in [4.78, 5) is 49.5. The van der Waals surface area contributed by atoms with Gasteiger partial charge in [0.25, 0.3) is 11.8 Å². The molecule has 1 saturated carbocycles. The van der Waals surface area contributed by atoms with Gasteiger partial charge in [0.1, 0.15) is 12.1 Å². The van der Waals surface area contributed by atoms with Crippen LogP contribution < -0.4 is 10.6 Å². The molecule has 2 N–H and O–H groups in total. The maximum atomic E-state index is 12.7. The lowest BCUT2D eigenvalue weighted by Gasteiger charge is -2.21. The van der Waals surface area contributed by atoms with E-state index >= 15 is 0 Å². The minimum atomic E-state index is -1.24. The topological polar surface area (TPSA) is 105 Å². The van der Waals surface area contributed by atoms with Crippen LogP contribution in [0, 0.1) is 0 Å². The summed E-state index contributed by atoms with van der Waals surface area (Å²) < 4.78 is 4.92. The van der Waals surface area contributed by atoms with Crippen LogP contribution in [0.25, 0.3) is 0 Å². The van der Waals surface area contributed by atoms with Gasteiger partial charge < -0.3 is 15.4 Å². The fourth-order valence-electron chi connectivity index (χ4n) is 3.47. The molecule has 1 heterocycles. The number of urea groups is 1. The van der Waals surface area contributed by atoms with E-state index in [9.17, 15) is 19.2 Å². The van der Waals surface area contributed by atoms with Crippen molar-refractivity contribution in [1.29, 1.82) is 0 Å². The Hall–Kier alpha value is -2.90. The Morgan fingerprint density at radius 3 is 2.56 bits per heavy atom. The van der Waals surface area contributed by atoms with Crippen LogP contribution in [-0.4, -0.2) is 47.9 Å². The van der Waals surface area contributed by atoms with Crippen molar-refractivity contribution in [2.75, 3.05) is 13.2 Å². The molecule has 1 aromatic rings. The molecule has 4 amide bonds. The largest absolute Gasteiger partial charge is 0.454 e. The Kier molecular flexibility index (Phi) is 5.43. The Labute approximate surface area is 157 Å².